The van der Waals surface area contributed by atoms with Crippen molar-refractivity contribution in [2.75, 3.05) is 0 Å². The van der Waals surface area contributed by atoms with Crippen LogP contribution in [0.1, 0.15) is 22.3 Å². The number of aryl methyl sites for hydroxylation is 3. The molecule has 0 atom stereocenters. The van der Waals surface area contributed by atoms with Crippen molar-refractivity contribution in [3.8, 4) is 11.1 Å². The van der Waals surface area contributed by atoms with Gasteiger partial charge in [0.15, 0.2) is 0 Å². The van der Waals surface area contributed by atoms with E-state index in [1.54, 1.807) is 0 Å². The van der Waals surface area contributed by atoms with Gasteiger partial charge in [-0.3, -0.25) is 0 Å². The Kier molecular flexibility index (Phi) is 3.93. The number of halogens is 1. The summed E-state index contributed by atoms with van der Waals surface area (Å²) in [7, 11) is 3.70. The summed E-state index contributed by atoms with van der Waals surface area (Å²) < 4.78 is 0. The van der Waals surface area contributed by atoms with Crippen LogP contribution in [0.5, 0.6) is 0 Å². The molecule has 2 aromatic rings. The van der Waals surface area contributed by atoms with Gasteiger partial charge in [-0.1, -0.05) is 35.5 Å². The van der Waals surface area contributed by atoms with Gasteiger partial charge in [0.25, 0.3) is 0 Å². The molecule has 0 nitrogen and oxygen atoms in total. The Morgan fingerprint density at radius 1 is 1.00 bits per heavy atom. The van der Waals surface area contributed by atoms with Crippen LogP contribution < -0.4 is 5.19 Å². The second kappa shape index (κ2) is 5.29. The minimum Gasteiger partial charge on any atom is -0.122 e. The summed E-state index contributed by atoms with van der Waals surface area (Å²) >= 11 is 6.06. The van der Waals surface area contributed by atoms with E-state index in [-0.39, 0.29) is 0 Å². The molecule has 18 heavy (non-hydrogen) atoms. The number of hydrogen-bond donors (Lipinski definition) is 0. The lowest BCUT2D eigenvalue weighted by Crippen LogP contribution is -2.10. The van der Waals surface area contributed by atoms with Gasteiger partial charge in [0.2, 0.25) is 0 Å². The molecule has 2 aromatic carbocycles. The molecule has 0 saturated carbocycles. The molecule has 0 amide bonds. The van der Waals surface area contributed by atoms with Crippen LogP contribution >= 0.6 is 11.6 Å². The Labute approximate surface area is 117 Å². The second-order valence-corrected chi connectivity index (χ2v) is 5.53. The Morgan fingerprint density at radius 3 is 2.33 bits per heavy atom. The molecule has 0 aliphatic heterocycles. The molecule has 0 fully saturated rings. The topological polar surface area (TPSA) is 0 Å². The zero-order valence-corrected chi connectivity index (χ0v) is 12.7. The van der Waals surface area contributed by atoms with Crippen molar-refractivity contribution >= 4 is 27.0 Å². The van der Waals surface area contributed by atoms with E-state index in [4.69, 9.17) is 11.6 Å². The summed E-state index contributed by atoms with van der Waals surface area (Å²) in [4.78, 5) is 0. The third-order valence-electron chi connectivity index (χ3n) is 3.40. The lowest BCUT2D eigenvalue weighted by Gasteiger charge is -2.15. The summed E-state index contributed by atoms with van der Waals surface area (Å²) in [5, 5.41) is 1.10. The maximum absolute atomic E-state index is 6.06. The Balaban J connectivity index is 2.73. The van der Waals surface area contributed by atoms with E-state index in [1.165, 1.54) is 27.8 Å². The van der Waals surface area contributed by atoms with Crippen LogP contribution in [-0.2, 0) is 5.88 Å². The predicted molar refractivity (Wildman–Crippen MR) is 81.0 cm³/mol. The molecule has 0 N–H and O–H groups in total. The third-order valence-corrected chi connectivity index (χ3v) is 4.11. The van der Waals surface area contributed by atoms with Crippen LogP contribution in [-0.4, -0.2) is 10.2 Å². The average Bonchev–Trinajstić information content (AvgIpc) is 2.34. The van der Waals surface area contributed by atoms with Crippen LogP contribution in [0.3, 0.4) is 0 Å². The van der Waals surface area contributed by atoms with Gasteiger partial charge in [0.05, 0.1) is 10.2 Å². The number of benzene rings is 2. The minimum absolute atomic E-state index is 0.528. The fourth-order valence-corrected chi connectivity index (χ4v) is 2.87. The summed E-state index contributed by atoms with van der Waals surface area (Å²) in [5.74, 6) is 0.528. The molecule has 0 aliphatic rings. The first-order valence-corrected chi connectivity index (χ1v) is 7.05. The molecular weight excluding hydrogens is 256 g/mol. The zero-order valence-electron chi connectivity index (χ0n) is 11.0. The zero-order chi connectivity index (χ0) is 13.3. The van der Waals surface area contributed by atoms with Crippen molar-refractivity contribution in [2.24, 2.45) is 0 Å². The van der Waals surface area contributed by atoms with Gasteiger partial charge in [-0.15, -0.1) is 11.6 Å². The van der Waals surface area contributed by atoms with E-state index < -0.39 is 0 Å². The van der Waals surface area contributed by atoms with Gasteiger partial charge in [0, 0.05) is 5.88 Å². The standard InChI is InChI=1S/C16H16ClSi/c1-10-7-12(3)14(8-11(10)2)16-13(9-17)5-4-6-15(16)18/h4-8H,9H2,1-3H3. The fourth-order valence-electron chi connectivity index (χ4n) is 2.26. The van der Waals surface area contributed by atoms with Gasteiger partial charge in [-0.05, 0) is 54.2 Å². The predicted octanol–water partition coefficient (Wildman–Crippen LogP) is 3.81. The van der Waals surface area contributed by atoms with Crippen LogP contribution in [0.25, 0.3) is 11.1 Å². The van der Waals surface area contributed by atoms with E-state index >= 15 is 0 Å². The maximum atomic E-state index is 6.06. The van der Waals surface area contributed by atoms with E-state index in [0.29, 0.717) is 5.88 Å². The molecule has 0 spiro atoms. The van der Waals surface area contributed by atoms with Crippen molar-refractivity contribution in [1.29, 1.82) is 0 Å². The first-order chi connectivity index (χ1) is 8.54. The van der Waals surface area contributed by atoms with Crippen LogP contribution in [0, 0.1) is 20.8 Å². The van der Waals surface area contributed by atoms with E-state index in [1.807, 2.05) is 6.07 Å². The molecular formula is C16H16ClSi. The smallest absolute Gasteiger partial charge is 0.0720 e. The highest BCUT2D eigenvalue weighted by Crippen LogP contribution is 2.28. The first-order valence-electron chi connectivity index (χ1n) is 6.02. The lowest BCUT2D eigenvalue weighted by molar-refractivity contribution is 1.29. The summed E-state index contributed by atoms with van der Waals surface area (Å²) in [6.07, 6.45) is 0. The van der Waals surface area contributed by atoms with Gasteiger partial charge in [-0.2, -0.15) is 0 Å². The van der Waals surface area contributed by atoms with Crippen molar-refractivity contribution in [3.05, 3.63) is 52.6 Å². The van der Waals surface area contributed by atoms with E-state index in [2.05, 4.69) is 55.3 Å². The van der Waals surface area contributed by atoms with Gasteiger partial charge >= 0.3 is 0 Å². The summed E-state index contributed by atoms with van der Waals surface area (Å²) in [5.41, 5.74) is 7.57. The third kappa shape index (κ3) is 2.38. The summed E-state index contributed by atoms with van der Waals surface area (Å²) in [6, 6.07) is 10.7. The van der Waals surface area contributed by atoms with Crippen LogP contribution in [0.4, 0.5) is 0 Å². The largest absolute Gasteiger partial charge is 0.122 e. The van der Waals surface area contributed by atoms with Crippen molar-refractivity contribution in [1.82, 2.24) is 0 Å². The number of rotatable bonds is 2. The molecule has 0 bridgehead atoms. The lowest BCUT2D eigenvalue weighted by atomic mass is 9.93. The highest BCUT2D eigenvalue weighted by Gasteiger charge is 2.11. The van der Waals surface area contributed by atoms with E-state index in [0.717, 1.165) is 10.8 Å². The molecule has 2 heteroatoms. The quantitative estimate of drug-likeness (QED) is 0.576. The molecule has 0 unspecified atom stereocenters. The van der Waals surface area contributed by atoms with Crippen LogP contribution in [0.2, 0.25) is 0 Å². The van der Waals surface area contributed by atoms with Gasteiger partial charge < -0.3 is 0 Å². The normalized spacial score (nSPS) is 10.7. The molecule has 2 rings (SSSR count). The number of alkyl halides is 1. The highest BCUT2D eigenvalue weighted by atomic mass is 35.5. The molecule has 0 aliphatic carbocycles. The first kappa shape index (κ1) is 13.4. The fraction of sp³-hybridized carbons (Fsp3) is 0.250. The highest BCUT2D eigenvalue weighted by molar-refractivity contribution is 6.36. The van der Waals surface area contributed by atoms with Crippen molar-refractivity contribution in [3.63, 3.8) is 0 Å². The van der Waals surface area contributed by atoms with Crippen LogP contribution in [0.15, 0.2) is 30.3 Å². The second-order valence-electron chi connectivity index (χ2n) is 4.72. The molecule has 0 saturated heterocycles. The van der Waals surface area contributed by atoms with Crippen molar-refractivity contribution in [2.45, 2.75) is 26.7 Å². The molecule has 91 valence electrons. The van der Waals surface area contributed by atoms with Gasteiger partial charge in [-0.25, -0.2) is 0 Å². The monoisotopic (exact) mass is 271 g/mol. The van der Waals surface area contributed by atoms with Gasteiger partial charge in [0.1, 0.15) is 0 Å². The minimum atomic E-state index is 0.528. The molecule has 3 radical (unpaired) electrons. The van der Waals surface area contributed by atoms with E-state index in [9.17, 15) is 0 Å². The Bertz CT molecular complexity index is 588. The maximum Gasteiger partial charge on any atom is 0.0720 e. The SMILES string of the molecule is Cc1cc(C)c(-c2c([Si])cccc2CCl)cc1C. The van der Waals surface area contributed by atoms with Crippen molar-refractivity contribution < 1.29 is 0 Å². The number of hydrogen-bond acceptors (Lipinski definition) is 0. The molecule has 0 heterocycles. The molecule has 0 aromatic heterocycles. The Morgan fingerprint density at radius 2 is 1.67 bits per heavy atom. The average molecular weight is 272 g/mol. The Hall–Kier alpha value is -1.05. The summed E-state index contributed by atoms with van der Waals surface area (Å²) in [6.45, 7) is 6.45.